The zero-order valence-corrected chi connectivity index (χ0v) is 18.8. The number of nitrogens with zero attached hydrogens (tertiary/aromatic N) is 1. The third-order valence-electron chi connectivity index (χ3n) is 4.30. The van der Waals surface area contributed by atoms with E-state index in [2.05, 4.69) is 123 Å². The molecule has 0 aliphatic carbocycles. The van der Waals surface area contributed by atoms with Crippen LogP contribution in [-0.2, 0) is 0 Å². The van der Waals surface area contributed by atoms with Crippen LogP contribution in [0.4, 0.5) is 17.1 Å². The molecule has 0 atom stereocenters. The third-order valence-corrected chi connectivity index (χ3v) is 8.25. The number of rotatable bonds is 6. The number of para-hydroxylation sites is 2. The molecule has 0 spiro atoms. The molecule has 1 nitrogen and oxygen atoms in total. The number of hydrogen-bond donors (Lipinski definition) is 0. The minimum absolute atomic E-state index is 1.15. The normalized spacial score (nSPS) is 11.0. The number of benzene rings is 3. The van der Waals surface area contributed by atoms with E-state index in [0.29, 0.717) is 0 Å². The Morgan fingerprint density at radius 3 is 1.75 bits per heavy atom. The zero-order chi connectivity index (χ0) is 19.2. The molecule has 4 heteroatoms. The molecule has 0 N–H and O–H groups in total. The summed E-state index contributed by atoms with van der Waals surface area (Å²) in [6.45, 7) is 0. The second-order valence-electron chi connectivity index (χ2n) is 6.17. The van der Waals surface area contributed by atoms with Crippen molar-refractivity contribution in [3.63, 3.8) is 0 Å². The largest absolute Gasteiger partial charge is 0.311 e. The van der Waals surface area contributed by atoms with Gasteiger partial charge in [-0.3, -0.25) is 0 Å². The molecule has 3 aromatic carbocycles. The highest BCUT2D eigenvalue weighted by atomic mass is 127. The van der Waals surface area contributed by atoms with E-state index in [-0.39, 0.29) is 0 Å². The maximum Gasteiger partial charge on any atom is 0.0708 e. The first kappa shape index (κ1) is 19.3. The highest BCUT2D eigenvalue weighted by Gasteiger charge is 2.11. The lowest BCUT2D eigenvalue weighted by atomic mass is 10.1. The first-order valence-electron chi connectivity index (χ1n) is 8.90. The van der Waals surface area contributed by atoms with E-state index in [9.17, 15) is 0 Å². The SMILES string of the molecule is ISc1ccc(/C=C/c2ccc(N(c3ccccc3)c3ccccc3)cc2)s1. The van der Waals surface area contributed by atoms with E-state index in [4.69, 9.17) is 0 Å². The van der Waals surface area contributed by atoms with Crippen LogP contribution in [0.5, 0.6) is 0 Å². The van der Waals surface area contributed by atoms with E-state index >= 15 is 0 Å². The van der Waals surface area contributed by atoms with Crippen molar-refractivity contribution in [2.75, 3.05) is 4.90 Å². The first-order valence-corrected chi connectivity index (χ1v) is 13.1. The summed E-state index contributed by atoms with van der Waals surface area (Å²) in [4.78, 5) is 3.55. The van der Waals surface area contributed by atoms with Crippen molar-refractivity contribution < 1.29 is 0 Å². The fourth-order valence-electron chi connectivity index (χ4n) is 2.98. The van der Waals surface area contributed by atoms with Crippen LogP contribution in [-0.4, -0.2) is 0 Å². The topological polar surface area (TPSA) is 3.24 Å². The van der Waals surface area contributed by atoms with Crippen LogP contribution in [0.1, 0.15) is 10.4 Å². The summed E-state index contributed by atoms with van der Waals surface area (Å²) < 4.78 is 1.33. The molecule has 0 aliphatic rings. The van der Waals surface area contributed by atoms with Crippen molar-refractivity contribution in [2.45, 2.75) is 4.21 Å². The van der Waals surface area contributed by atoms with Crippen LogP contribution in [0.3, 0.4) is 0 Å². The average Bonchev–Trinajstić information content (AvgIpc) is 3.23. The van der Waals surface area contributed by atoms with Gasteiger partial charge in [-0.25, -0.2) is 0 Å². The summed E-state index contributed by atoms with van der Waals surface area (Å²) in [5, 5.41) is 0. The van der Waals surface area contributed by atoms with Gasteiger partial charge in [0.05, 0.1) is 4.21 Å². The highest BCUT2D eigenvalue weighted by molar-refractivity contribution is 14.2. The molecule has 0 radical (unpaired) electrons. The average molecular weight is 511 g/mol. The Morgan fingerprint density at radius 2 is 1.21 bits per heavy atom. The van der Waals surface area contributed by atoms with Gasteiger partial charge in [0, 0.05) is 43.1 Å². The van der Waals surface area contributed by atoms with Crippen molar-refractivity contribution >= 4 is 70.7 Å². The van der Waals surface area contributed by atoms with E-state index in [1.54, 1.807) is 8.93 Å². The van der Waals surface area contributed by atoms with Crippen molar-refractivity contribution in [2.24, 2.45) is 0 Å². The molecule has 4 aromatic rings. The number of halogens is 1. The molecular weight excluding hydrogens is 493 g/mol. The van der Waals surface area contributed by atoms with E-state index in [1.807, 2.05) is 23.5 Å². The van der Waals surface area contributed by atoms with Gasteiger partial charge >= 0.3 is 0 Å². The standard InChI is InChI=1S/C24H18INS2/c25-28-24-18-17-23(27-24)16-13-19-11-14-22(15-12-19)26(20-7-3-1-4-8-20)21-9-5-2-6-10-21/h1-18H/b16-13+. The van der Waals surface area contributed by atoms with Crippen LogP contribution < -0.4 is 4.90 Å². The molecule has 0 aliphatic heterocycles. The molecule has 0 saturated carbocycles. The maximum atomic E-state index is 2.32. The Labute approximate surface area is 186 Å². The van der Waals surface area contributed by atoms with Crippen molar-refractivity contribution in [3.8, 4) is 0 Å². The monoisotopic (exact) mass is 511 g/mol. The molecule has 0 unspecified atom stereocenters. The Morgan fingerprint density at radius 1 is 0.643 bits per heavy atom. The smallest absolute Gasteiger partial charge is 0.0708 e. The van der Waals surface area contributed by atoms with Gasteiger partial charge in [0.2, 0.25) is 0 Å². The second-order valence-corrected chi connectivity index (χ2v) is 9.45. The first-order chi connectivity index (χ1) is 13.8. The van der Waals surface area contributed by atoms with Gasteiger partial charge in [0.25, 0.3) is 0 Å². The fraction of sp³-hybridized carbons (Fsp3) is 0. The molecule has 0 fully saturated rings. The quantitative estimate of drug-likeness (QED) is 0.238. The summed E-state index contributed by atoms with van der Waals surface area (Å²) >= 11 is 4.14. The van der Waals surface area contributed by atoms with Gasteiger partial charge in [-0.05, 0) is 69.1 Å². The van der Waals surface area contributed by atoms with Gasteiger partial charge in [-0.15, -0.1) is 11.3 Å². The minimum Gasteiger partial charge on any atom is -0.311 e. The van der Waals surface area contributed by atoms with Crippen molar-refractivity contribution in [1.82, 2.24) is 0 Å². The van der Waals surface area contributed by atoms with Crippen molar-refractivity contribution in [3.05, 3.63) is 108 Å². The van der Waals surface area contributed by atoms with Crippen LogP contribution in [0.25, 0.3) is 12.2 Å². The Hall–Kier alpha value is -2.02. The predicted octanol–water partition coefficient (Wildman–Crippen LogP) is 8.83. The summed E-state index contributed by atoms with van der Waals surface area (Å²) in [7, 11) is 1.76. The summed E-state index contributed by atoms with van der Waals surface area (Å²) in [6.07, 6.45) is 4.36. The molecule has 1 heterocycles. The van der Waals surface area contributed by atoms with Crippen LogP contribution in [0, 0.1) is 0 Å². The van der Waals surface area contributed by atoms with Crippen LogP contribution in [0.15, 0.2) is 101 Å². The maximum absolute atomic E-state index is 2.32. The van der Waals surface area contributed by atoms with E-state index in [1.165, 1.54) is 14.6 Å². The third kappa shape index (κ3) is 4.69. The van der Waals surface area contributed by atoms with E-state index in [0.717, 1.165) is 17.1 Å². The van der Waals surface area contributed by atoms with Crippen LogP contribution >= 0.6 is 41.5 Å². The van der Waals surface area contributed by atoms with Gasteiger partial charge < -0.3 is 4.90 Å². The van der Waals surface area contributed by atoms with Crippen molar-refractivity contribution in [1.29, 1.82) is 0 Å². The predicted molar refractivity (Wildman–Crippen MR) is 134 cm³/mol. The highest BCUT2D eigenvalue weighted by Crippen LogP contribution is 2.35. The Balaban J connectivity index is 1.61. The fourth-order valence-corrected chi connectivity index (χ4v) is 5.40. The Bertz CT molecular complexity index is 1000. The Kier molecular flexibility index (Phi) is 6.52. The lowest BCUT2D eigenvalue weighted by Crippen LogP contribution is -2.09. The van der Waals surface area contributed by atoms with Gasteiger partial charge in [-0.2, -0.15) is 0 Å². The second kappa shape index (κ2) is 9.45. The van der Waals surface area contributed by atoms with E-state index < -0.39 is 0 Å². The molecule has 0 amide bonds. The molecule has 0 saturated heterocycles. The lowest BCUT2D eigenvalue weighted by molar-refractivity contribution is 1.28. The molecule has 0 bridgehead atoms. The summed E-state index contributed by atoms with van der Waals surface area (Å²) in [5.41, 5.74) is 4.65. The minimum atomic E-state index is 1.15. The van der Waals surface area contributed by atoms with Crippen LogP contribution in [0.2, 0.25) is 0 Å². The molecule has 138 valence electrons. The molecular formula is C24H18INS2. The van der Waals surface area contributed by atoms with Gasteiger partial charge in [-0.1, -0.05) is 54.6 Å². The summed E-state index contributed by atoms with van der Waals surface area (Å²) in [5.74, 6) is 0. The zero-order valence-electron chi connectivity index (χ0n) is 15.0. The molecule has 4 rings (SSSR count). The lowest BCUT2D eigenvalue weighted by Gasteiger charge is -2.25. The number of thiophene rings is 1. The number of hydrogen-bond acceptors (Lipinski definition) is 3. The summed E-state index contributed by atoms with van der Waals surface area (Å²) in [6, 6.07) is 34.0. The van der Waals surface area contributed by atoms with Gasteiger partial charge in [0.1, 0.15) is 0 Å². The van der Waals surface area contributed by atoms with Gasteiger partial charge in [0.15, 0.2) is 0 Å². The molecule has 28 heavy (non-hydrogen) atoms. The number of anilines is 3. The molecule has 1 aromatic heterocycles.